The highest BCUT2D eigenvalue weighted by molar-refractivity contribution is 9.10. The van der Waals surface area contributed by atoms with Gasteiger partial charge >= 0.3 is 0 Å². The zero-order valence-corrected chi connectivity index (χ0v) is 10.00. The standard InChI is InChI=1S/C8H12BrN5O/c1-4(8(15)11-2)14-7-5(9)6(10)12-3-13-7/h3-4H,1-2H3,(H,11,15)(H3,10,12,13,14). The highest BCUT2D eigenvalue weighted by Gasteiger charge is 2.13. The molecule has 1 heterocycles. The summed E-state index contributed by atoms with van der Waals surface area (Å²) in [5, 5.41) is 5.44. The van der Waals surface area contributed by atoms with Crippen LogP contribution in [0.4, 0.5) is 11.6 Å². The van der Waals surface area contributed by atoms with Gasteiger partial charge in [-0.25, -0.2) is 9.97 Å². The Morgan fingerprint density at radius 2 is 2.27 bits per heavy atom. The Hall–Kier alpha value is -1.37. The van der Waals surface area contributed by atoms with Crippen LogP contribution in [0.3, 0.4) is 0 Å². The molecule has 7 heteroatoms. The first-order chi connectivity index (χ1) is 7.06. The Morgan fingerprint density at radius 1 is 1.60 bits per heavy atom. The molecule has 6 nitrogen and oxygen atoms in total. The first-order valence-corrected chi connectivity index (χ1v) is 5.09. The molecule has 0 aromatic carbocycles. The Bertz CT molecular complexity index is 370. The molecule has 0 bridgehead atoms. The molecule has 0 aliphatic rings. The average Bonchev–Trinajstić information content (AvgIpc) is 2.23. The van der Waals surface area contributed by atoms with Gasteiger partial charge in [0, 0.05) is 7.05 Å². The van der Waals surface area contributed by atoms with Crippen molar-refractivity contribution in [1.29, 1.82) is 0 Å². The number of nitrogens with zero attached hydrogens (tertiary/aromatic N) is 2. The van der Waals surface area contributed by atoms with Crippen molar-refractivity contribution in [1.82, 2.24) is 15.3 Å². The number of nitrogens with two attached hydrogens (primary N) is 1. The number of hydrogen-bond donors (Lipinski definition) is 3. The molecule has 1 aromatic heterocycles. The normalized spacial score (nSPS) is 11.9. The molecule has 1 aromatic rings. The predicted octanol–water partition coefficient (Wildman–Crippen LogP) is 0.368. The minimum absolute atomic E-state index is 0.126. The lowest BCUT2D eigenvalue weighted by Crippen LogP contribution is -2.35. The van der Waals surface area contributed by atoms with Crippen LogP contribution >= 0.6 is 15.9 Å². The Balaban J connectivity index is 2.81. The second-order valence-corrected chi connectivity index (χ2v) is 3.69. The predicted molar refractivity (Wildman–Crippen MR) is 61.3 cm³/mol. The van der Waals surface area contributed by atoms with E-state index in [4.69, 9.17) is 5.73 Å². The highest BCUT2D eigenvalue weighted by Crippen LogP contribution is 2.24. The summed E-state index contributed by atoms with van der Waals surface area (Å²) in [5.41, 5.74) is 5.57. The summed E-state index contributed by atoms with van der Waals surface area (Å²) < 4.78 is 0.556. The van der Waals surface area contributed by atoms with E-state index in [0.717, 1.165) is 0 Å². The molecule has 82 valence electrons. The molecule has 0 fully saturated rings. The number of hydrogen-bond acceptors (Lipinski definition) is 5. The largest absolute Gasteiger partial charge is 0.383 e. The van der Waals surface area contributed by atoms with Crippen LogP contribution in [0.15, 0.2) is 10.8 Å². The van der Waals surface area contributed by atoms with Crippen LogP contribution in [0.1, 0.15) is 6.92 Å². The minimum Gasteiger partial charge on any atom is -0.383 e. The number of likely N-dealkylation sites (N-methyl/N-ethyl adjacent to an activating group) is 1. The average molecular weight is 274 g/mol. The molecule has 0 radical (unpaired) electrons. The summed E-state index contributed by atoms with van der Waals surface area (Å²) in [5.74, 6) is 0.703. The van der Waals surface area contributed by atoms with Crippen molar-refractivity contribution in [2.75, 3.05) is 18.1 Å². The lowest BCUT2D eigenvalue weighted by molar-refractivity contribution is -0.121. The van der Waals surface area contributed by atoms with E-state index in [1.165, 1.54) is 6.33 Å². The van der Waals surface area contributed by atoms with E-state index < -0.39 is 0 Å². The van der Waals surface area contributed by atoms with Crippen LogP contribution in [0, 0.1) is 0 Å². The number of amides is 1. The summed E-state index contributed by atoms with van der Waals surface area (Å²) in [6, 6.07) is -0.388. The van der Waals surface area contributed by atoms with E-state index in [0.29, 0.717) is 16.1 Å². The minimum atomic E-state index is -0.388. The molecule has 15 heavy (non-hydrogen) atoms. The van der Waals surface area contributed by atoms with Gasteiger partial charge in [0.2, 0.25) is 5.91 Å². The van der Waals surface area contributed by atoms with Crippen LogP contribution in [0.25, 0.3) is 0 Å². The van der Waals surface area contributed by atoms with E-state index in [1.807, 2.05) is 0 Å². The fourth-order valence-corrected chi connectivity index (χ4v) is 1.29. The molecule has 0 saturated heterocycles. The first kappa shape index (κ1) is 11.7. The molecule has 0 aliphatic carbocycles. The topological polar surface area (TPSA) is 92.9 Å². The molecule has 1 atom stereocenters. The van der Waals surface area contributed by atoms with Crippen LogP contribution in [-0.4, -0.2) is 29.0 Å². The molecular formula is C8H12BrN5O. The summed E-state index contributed by atoms with van der Waals surface area (Å²) >= 11 is 3.24. The number of nitrogen functional groups attached to an aromatic ring is 1. The van der Waals surface area contributed by atoms with Crippen LogP contribution in [0.2, 0.25) is 0 Å². The number of carbonyl (C=O) groups is 1. The summed E-state index contributed by atoms with van der Waals surface area (Å²) in [7, 11) is 1.57. The maximum atomic E-state index is 11.2. The van der Waals surface area contributed by atoms with Gasteiger partial charge in [0.1, 0.15) is 28.5 Å². The van der Waals surface area contributed by atoms with Crippen molar-refractivity contribution in [3.8, 4) is 0 Å². The van der Waals surface area contributed by atoms with Crippen molar-refractivity contribution < 1.29 is 4.79 Å². The molecule has 1 amide bonds. The molecule has 0 aliphatic heterocycles. The number of carbonyl (C=O) groups excluding carboxylic acids is 1. The maximum absolute atomic E-state index is 11.2. The van der Waals surface area contributed by atoms with Crippen molar-refractivity contribution in [3.05, 3.63) is 10.8 Å². The van der Waals surface area contributed by atoms with Gasteiger partial charge in [-0.2, -0.15) is 0 Å². The second kappa shape index (κ2) is 4.92. The van der Waals surface area contributed by atoms with Gasteiger partial charge < -0.3 is 16.4 Å². The van der Waals surface area contributed by atoms with Gasteiger partial charge in [0.05, 0.1) is 0 Å². The van der Waals surface area contributed by atoms with Crippen LogP contribution in [-0.2, 0) is 4.79 Å². The van der Waals surface area contributed by atoms with Crippen LogP contribution in [0.5, 0.6) is 0 Å². The van der Waals surface area contributed by atoms with Gasteiger partial charge in [-0.3, -0.25) is 4.79 Å². The third-order valence-corrected chi connectivity index (χ3v) is 2.59. The van der Waals surface area contributed by atoms with E-state index >= 15 is 0 Å². The van der Waals surface area contributed by atoms with E-state index in [1.54, 1.807) is 14.0 Å². The molecule has 1 rings (SSSR count). The zero-order chi connectivity index (χ0) is 11.4. The lowest BCUT2D eigenvalue weighted by atomic mass is 10.3. The summed E-state index contributed by atoms with van der Waals surface area (Å²) in [6.45, 7) is 1.73. The van der Waals surface area contributed by atoms with Gasteiger partial charge in [-0.1, -0.05) is 0 Å². The Kier molecular flexibility index (Phi) is 3.84. The quantitative estimate of drug-likeness (QED) is 0.740. The Morgan fingerprint density at radius 3 is 2.87 bits per heavy atom. The third-order valence-electron chi connectivity index (χ3n) is 1.81. The first-order valence-electron chi connectivity index (χ1n) is 4.30. The fraction of sp³-hybridized carbons (Fsp3) is 0.375. The highest BCUT2D eigenvalue weighted by atomic mass is 79.9. The summed E-state index contributed by atoms with van der Waals surface area (Å²) in [6.07, 6.45) is 1.33. The molecule has 0 saturated carbocycles. The lowest BCUT2D eigenvalue weighted by Gasteiger charge is -2.14. The van der Waals surface area contributed by atoms with Crippen molar-refractivity contribution >= 4 is 33.5 Å². The number of nitrogens with one attached hydrogen (secondary N) is 2. The number of halogens is 1. The van der Waals surface area contributed by atoms with E-state index in [2.05, 4.69) is 36.5 Å². The maximum Gasteiger partial charge on any atom is 0.241 e. The van der Waals surface area contributed by atoms with Gasteiger partial charge in [-0.15, -0.1) is 0 Å². The number of aromatic nitrogens is 2. The van der Waals surface area contributed by atoms with E-state index in [9.17, 15) is 4.79 Å². The Labute approximate surface area is 95.8 Å². The molecular weight excluding hydrogens is 262 g/mol. The monoisotopic (exact) mass is 273 g/mol. The van der Waals surface area contributed by atoms with Crippen molar-refractivity contribution in [2.45, 2.75) is 13.0 Å². The van der Waals surface area contributed by atoms with Gasteiger partial charge in [0.15, 0.2) is 0 Å². The van der Waals surface area contributed by atoms with Crippen molar-refractivity contribution in [2.24, 2.45) is 0 Å². The molecule has 0 spiro atoms. The number of rotatable bonds is 3. The summed E-state index contributed by atoms with van der Waals surface area (Å²) in [4.78, 5) is 19.0. The fourth-order valence-electron chi connectivity index (χ4n) is 0.971. The SMILES string of the molecule is CNC(=O)C(C)Nc1ncnc(N)c1Br. The van der Waals surface area contributed by atoms with Crippen molar-refractivity contribution in [3.63, 3.8) is 0 Å². The zero-order valence-electron chi connectivity index (χ0n) is 8.41. The molecule has 4 N–H and O–H groups in total. The molecule has 1 unspecified atom stereocenters. The van der Waals surface area contributed by atoms with Gasteiger partial charge in [-0.05, 0) is 22.9 Å². The number of anilines is 2. The van der Waals surface area contributed by atoms with Crippen LogP contribution < -0.4 is 16.4 Å². The van der Waals surface area contributed by atoms with Gasteiger partial charge in [0.25, 0.3) is 0 Å². The smallest absolute Gasteiger partial charge is 0.241 e. The van der Waals surface area contributed by atoms with E-state index in [-0.39, 0.29) is 11.9 Å². The second-order valence-electron chi connectivity index (χ2n) is 2.90. The third kappa shape index (κ3) is 2.79.